The zero-order valence-corrected chi connectivity index (χ0v) is 10.2. The Morgan fingerprint density at radius 3 is 2.59 bits per heavy atom. The number of aliphatic hydroxyl groups is 1. The number of hydrogen-bond donors (Lipinski definition) is 3. The normalized spacial score (nSPS) is 19.1. The van der Waals surface area contributed by atoms with Gasteiger partial charge in [-0.2, -0.15) is 0 Å². The highest BCUT2D eigenvalue weighted by Gasteiger charge is 2.15. The molecule has 3 N–H and O–H groups in total. The fourth-order valence-corrected chi connectivity index (χ4v) is 2.37. The Labute approximate surface area is 103 Å². The highest BCUT2D eigenvalue weighted by atomic mass is 16.3. The standard InChI is InChI=1S/C14H22N2O/c17-11-14(13-4-2-1-3-5-13)16-10-12-6-8-15-9-7-12/h1-5,12,14-17H,6-11H2/t14-/m1/s1. The molecule has 2 rings (SSSR count). The van der Waals surface area contributed by atoms with Gasteiger partial charge in [-0.1, -0.05) is 30.3 Å². The topological polar surface area (TPSA) is 44.3 Å². The van der Waals surface area contributed by atoms with Crippen LogP contribution in [-0.2, 0) is 0 Å². The van der Waals surface area contributed by atoms with Gasteiger partial charge in [0.2, 0.25) is 0 Å². The number of benzene rings is 1. The van der Waals surface area contributed by atoms with E-state index in [0.29, 0.717) is 0 Å². The fraction of sp³-hybridized carbons (Fsp3) is 0.571. The third-order valence-corrected chi connectivity index (χ3v) is 3.50. The zero-order chi connectivity index (χ0) is 11.9. The molecule has 0 spiro atoms. The summed E-state index contributed by atoms with van der Waals surface area (Å²) >= 11 is 0. The average molecular weight is 234 g/mol. The van der Waals surface area contributed by atoms with Gasteiger partial charge in [-0.05, 0) is 44.0 Å². The maximum absolute atomic E-state index is 9.43. The first kappa shape index (κ1) is 12.6. The Hall–Kier alpha value is -0.900. The molecule has 1 fully saturated rings. The van der Waals surface area contributed by atoms with Gasteiger partial charge in [0.1, 0.15) is 0 Å². The van der Waals surface area contributed by atoms with Gasteiger partial charge in [-0.25, -0.2) is 0 Å². The first-order chi connectivity index (χ1) is 8.40. The monoisotopic (exact) mass is 234 g/mol. The summed E-state index contributed by atoms with van der Waals surface area (Å²) in [6.45, 7) is 3.42. The van der Waals surface area contributed by atoms with Crippen molar-refractivity contribution in [2.75, 3.05) is 26.2 Å². The molecule has 0 bridgehead atoms. The summed E-state index contributed by atoms with van der Waals surface area (Å²) in [5.74, 6) is 0.744. The molecule has 1 saturated heterocycles. The molecule has 94 valence electrons. The van der Waals surface area contributed by atoms with Crippen molar-refractivity contribution in [2.45, 2.75) is 18.9 Å². The molecule has 0 amide bonds. The summed E-state index contributed by atoms with van der Waals surface area (Å²) in [6, 6.07) is 10.2. The van der Waals surface area contributed by atoms with Gasteiger partial charge >= 0.3 is 0 Å². The van der Waals surface area contributed by atoms with Crippen LogP contribution in [0.15, 0.2) is 30.3 Å². The Balaban J connectivity index is 1.83. The molecule has 1 aromatic rings. The molecule has 1 atom stereocenters. The quantitative estimate of drug-likeness (QED) is 0.720. The van der Waals surface area contributed by atoms with E-state index in [0.717, 1.165) is 25.6 Å². The SMILES string of the molecule is OC[C@@H](NCC1CCNCC1)c1ccccc1. The Kier molecular flexibility index (Phi) is 4.98. The Morgan fingerprint density at radius 2 is 1.94 bits per heavy atom. The third kappa shape index (κ3) is 3.80. The summed E-state index contributed by atoms with van der Waals surface area (Å²) in [5, 5.41) is 16.3. The molecule has 0 unspecified atom stereocenters. The van der Waals surface area contributed by atoms with Gasteiger partial charge < -0.3 is 15.7 Å². The number of aliphatic hydroxyl groups excluding tert-OH is 1. The second kappa shape index (κ2) is 6.74. The minimum atomic E-state index is 0.0751. The molecule has 3 heteroatoms. The molecule has 0 aliphatic carbocycles. The highest BCUT2D eigenvalue weighted by Crippen LogP contribution is 2.15. The molecule has 0 saturated carbocycles. The second-order valence-electron chi connectivity index (χ2n) is 4.75. The average Bonchev–Trinajstić information content (AvgIpc) is 2.42. The Morgan fingerprint density at radius 1 is 1.24 bits per heavy atom. The maximum Gasteiger partial charge on any atom is 0.0626 e. The number of hydrogen-bond acceptors (Lipinski definition) is 3. The molecule has 1 aliphatic heterocycles. The van der Waals surface area contributed by atoms with Crippen LogP contribution < -0.4 is 10.6 Å². The van der Waals surface area contributed by atoms with Crippen molar-refractivity contribution in [1.82, 2.24) is 10.6 Å². The summed E-state index contributed by atoms with van der Waals surface area (Å²) in [4.78, 5) is 0. The predicted molar refractivity (Wildman–Crippen MR) is 69.9 cm³/mol. The van der Waals surface area contributed by atoms with Crippen molar-refractivity contribution in [2.24, 2.45) is 5.92 Å². The number of rotatable bonds is 5. The van der Waals surface area contributed by atoms with E-state index in [1.807, 2.05) is 18.2 Å². The lowest BCUT2D eigenvalue weighted by Gasteiger charge is -2.25. The van der Waals surface area contributed by atoms with Gasteiger partial charge in [-0.15, -0.1) is 0 Å². The van der Waals surface area contributed by atoms with Crippen LogP contribution in [0.2, 0.25) is 0 Å². The molecule has 0 radical (unpaired) electrons. The molecule has 17 heavy (non-hydrogen) atoms. The van der Waals surface area contributed by atoms with Crippen molar-refractivity contribution in [1.29, 1.82) is 0 Å². The van der Waals surface area contributed by atoms with E-state index in [4.69, 9.17) is 0 Å². The van der Waals surface area contributed by atoms with Gasteiger partial charge in [-0.3, -0.25) is 0 Å². The van der Waals surface area contributed by atoms with Crippen molar-refractivity contribution in [3.05, 3.63) is 35.9 Å². The van der Waals surface area contributed by atoms with Crippen LogP contribution in [0.5, 0.6) is 0 Å². The molecule has 3 nitrogen and oxygen atoms in total. The number of piperidine rings is 1. The second-order valence-corrected chi connectivity index (χ2v) is 4.75. The van der Waals surface area contributed by atoms with Crippen molar-refractivity contribution in [3.63, 3.8) is 0 Å². The van der Waals surface area contributed by atoms with Crippen molar-refractivity contribution >= 4 is 0 Å². The third-order valence-electron chi connectivity index (χ3n) is 3.50. The van der Waals surface area contributed by atoms with Gasteiger partial charge in [0.05, 0.1) is 12.6 Å². The lowest BCUT2D eigenvalue weighted by atomic mass is 9.97. The molecule has 1 aromatic carbocycles. The largest absolute Gasteiger partial charge is 0.394 e. The van der Waals surface area contributed by atoms with Gasteiger partial charge in [0.15, 0.2) is 0 Å². The van der Waals surface area contributed by atoms with E-state index < -0.39 is 0 Å². The molecular formula is C14H22N2O. The predicted octanol–water partition coefficient (Wildman–Crippen LogP) is 1.31. The first-order valence-electron chi connectivity index (χ1n) is 6.50. The fourth-order valence-electron chi connectivity index (χ4n) is 2.37. The molecule has 1 aliphatic rings. The van der Waals surface area contributed by atoms with Crippen molar-refractivity contribution in [3.8, 4) is 0 Å². The van der Waals surface area contributed by atoms with Gasteiger partial charge in [0, 0.05) is 0 Å². The van der Waals surface area contributed by atoms with Gasteiger partial charge in [0.25, 0.3) is 0 Å². The Bertz CT molecular complexity index is 309. The first-order valence-corrected chi connectivity index (χ1v) is 6.50. The van der Waals surface area contributed by atoms with Crippen LogP contribution in [0.1, 0.15) is 24.4 Å². The van der Waals surface area contributed by atoms with Crippen LogP contribution >= 0.6 is 0 Å². The molecular weight excluding hydrogens is 212 g/mol. The van der Waals surface area contributed by atoms with E-state index in [1.54, 1.807) is 0 Å². The lowest BCUT2D eigenvalue weighted by Crippen LogP contribution is -2.35. The van der Waals surface area contributed by atoms with E-state index >= 15 is 0 Å². The minimum absolute atomic E-state index is 0.0751. The van der Waals surface area contributed by atoms with Crippen LogP contribution in [-0.4, -0.2) is 31.3 Å². The van der Waals surface area contributed by atoms with E-state index in [2.05, 4.69) is 22.8 Å². The minimum Gasteiger partial charge on any atom is -0.394 e. The summed E-state index contributed by atoms with van der Waals surface area (Å²) in [5.41, 5.74) is 1.17. The van der Waals surface area contributed by atoms with E-state index in [-0.39, 0.29) is 12.6 Å². The summed E-state index contributed by atoms with van der Waals surface area (Å²) in [6.07, 6.45) is 2.47. The van der Waals surface area contributed by atoms with Crippen LogP contribution in [0, 0.1) is 5.92 Å². The van der Waals surface area contributed by atoms with Crippen LogP contribution in [0.25, 0.3) is 0 Å². The smallest absolute Gasteiger partial charge is 0.0626 e. The van der Waals surface area contributed by atoms with Crippen molar-refractivity contribution < 1.29 is 5.11 Å². The van der Waals surface area contributed by atoms with Crippen LogP contribution in [0.3, 0.4) is 0 Å². The highest BCUT2D eigenvalue weighted by molar-refractivity contribution is 5.18. The number of nitrogens with one attached hydrogen (secondary N) is 2. The molecule has 0 aromatic heterocycles. The summed E-state index contributed by atoms with van der Waals surface area (Å²) < 4.78 is 0. The van der Waals surface area contributed by atoms with E-state index in [1.165, 1.54) is 18.4 Å². The van der Waals surface area contributed by atoms with Crippen LogP contribution in [0.4, 0.5) is 0 Å². The summed E-state index contributed by atoms with van der Waals surface area (Å²) in [7, 11) is 0. The lowest BCUT2D eigenvalue weighted by molar-refractivity contribution is 0.232. The molecule has 1 heterocycles. The zero-order valence-electron chi connectivity index (χ0n) is 10.2. The van der Waals surface area contributed by atoms with E-state index in [9.17, 15) is 5.11 Å². The maximum atomic E-state index is 9.43.